The van der Waals surface area contributed by atoms with Gasteiger partial charge in [0.2, 0.25) is 0 Å². The van der Waals surface area contributed by atoms with Crippen LogP contribution in [-0.2, 0) is 6.61 Å². The molecule has 0 saturated heterocycles. The van der Waals surface area contributed by atoms with Gasteiger partial charge in [0.25, 0.3) is 5.91 Å². The Morgan fingerprint density at radius 3 is 2.62 bits per heavy atom. The summed E-state index contributed by atoms with van der Waals surface area (Å²) < 4.78 is 5.64. The lowest BCUT2D eigenvalue weighted by Crippen LogP contribution is -2.25. The molecule has 7 heteroatoms. The zero-order valence-electron chi connectivity index (χ0n) is 13.9. The molecule has 1 heterocycles. The van der Waals surface area contributed by atoms with Crippen LogP contribution in [0.15, 0.2) is 64.3 Å². The quantitative estimate of drug-likeness (QED) is 0.428. The second-order valence-electron chi connectivity index (χ2n) is 5.35. The summed E-state index contributed by atoms with van der Waals surface area (Å²) in [5, 5.41) is 5.59. The van der Waals surface area contributed by atoms with E-state index >= 15 is 0 Å². The van der Waals surface area contributed by atoms with Crippen LogP contribution in [0.3, 0.4) is 0 Å². The standard InChI is InChI=1S/C19H17ClN2O2S2/c20-15-3-7-18(8-4-15)26-10-9-21-19(23)14-1-5-17(6-2-14)24-11-16-12-25-13-22-16/h1-8,12-13H,9-11H2,(H,21,23). The Bertz CT molecular complexity index is 822. The number of amides is 1. The Kier molecular flexibility index (Phi) is 6.94. The first kappa shape index (κ1) is 18.8. The summed E-state index contributed by atoms with van der Waals surface area (Å²) >= 11 is 9.07. The van der Waals surface area contributed by atoms with Gasteiger partial charge in [-0.15, -0.1) is 23.1 Å². The van der Waals surface area contributed by atoms with E-state index < -0.39 is 0 Å². The lowest BCUT2D eigenvalue weighted by molar-refractivity contribution is 0.0956. The minimum atomic E-state index is -0.0900. The molecule has 2 aromatic carbocycles. The lowest BCUT2D eigenvalue weighted by atomic mass is 10.2. The molecule has 0 fully saturated rings. The molecule has 0 aliphatic rings. The summed E-state index contributed by atoms with van der Waals surface area (Å²) in [5.41, 5.74) is 3.29. The normalized spacial score (nSPS) is 10.5. The largest absolute Gasteiger partial charge is 0.487 e. The van der Waals surface area contributed by atoms with Gasteiger partial charge in [-0.3, -0.25) is 4.79 Å². The van der Waals surface area contributed by atoms with Gasteiger partial charge in [0, 0.05) is 33.2 Å². The van der Waals surface area contributed by atoms with E-state index in [1.807, 2.05) is 29.6 Å². The van der Waals surface area contributed by atoms with Crippen molar-refractivity contribution in [2.45, 2.75) is 11.5 Å². The predicted octanol–water partition coefficient (Wildman–Crippen LogP) is 4.90. The van der Waals surface area contributed by atoms with E-state index in [-0.39, 0.29) is 5.91 Å². The minimum absolute atomic E-state index is 0.0900. The molecule has 0 aliphatic carbocycles. The number of rotatable bonds is 8. The molecule has 4 nitrogen and oxygen atoms in total. The van der Waals surface area contributed by atoms with E-state index in [0.29, 0.717) is 24.5 Å². The summed E-state index contributed by atoms with van der Waals surface area (Å²) in [7, 11) is 0. The fourth-order valence-electron chi connectivity index (χ4n) is 2.13. The predicted molar refractivity (Wildman–Crippen MR) is 107 cm³/mol. The topological polar surface area (TPSA) is 51.2 Å². The number of nitrogens with one attached hydrogen (secondary N) is 1. The SMILES string of the molecule is O=C(NCCSc1ccc(Cl)cc1)c1ccc(OCc2cscn2)cc1. The van der Waals surface area contributed by atoms with Gasteiger partial charge in [0.15, 0.2) is 0 Å². The Morgan fingerprint density at radius 2 is 1.92 bits per heavy atom. The molecule has 1 aromatic heterocycles. The molecule has 0 aliphatic heterocycles. The first-order chi connectivity index (χ1) is 12.7. The molecular weight excluding hydrogens is 388 g/mol. The molecule has 26 heavy (non-hydrogen) atoms. The van der Waals surface area contributed by atoms with Crippen molar-refractivity contribution in [3.63, 3.8) is 0 Å². The van der Waals surface area contributed by atoms with Crippen LogP contribution in [0.4, 0.5) is 0 Å². The number of halogens is 1. The van der Waals surface area contributed by atoms with Crippen LogP contribution in [0, 0.1) is 0 Å². The molecular formula is C19H17ClN2O2S2. The Morgan fingerprint density at radius 1 is 1.15 bits per heavy atom. The van der Waals surface area contributed by atoms with Crippen molar-refractivity contribution in [2.75, 3.05) is 12.3 Å². The lowest BCUT2D eigenvalue weighted by Gasteiger charge is -2.07. The number of carbonyl (C=O) groups is 1. The molecule has 0 spiro atoms. The van der Waals surface area contributed by atoms with Crippen molar-refractivity contribution < 1.29 is 9.53 Å². The number of nitrogens with zero attached hydrogens (tertiary/aromatic N) is 1. The number of hydrogen-bond donors (Lipinski definition) is 1. The molecule has 0 bridgehead atoms. The molecule has 134 valence electrons. The van der Waals surface area contributed by atoms with Gasteiger partial charge >= 0.3 is 0 Å². The Balaban J connectivity index is 1.40. The van der Waals surface area contributed by atoms with E-state index in [1.165, 1.54) is 11.3 Å². The third-order valence-electron chi connectivity index (χ3n) is 3.46. The van der Waals surface area contributed by atoms with Crippen LogP contribution < -0.4 is 10.1 Å². The monoisotopic (exact) mass is 404 g/mol. The highest BCUT2D eigenvalue weighted by molar-refractivity contribution is 7.99. The van der Waals surface area contributed by atoms with Crippen molar-refractivity contribution >= 4 is 40.6 Å². The van der Waals surface area contributed by atoms with Gasteiger partial charge in [-0.25, -0.2) is 4.98 Å². The number of benzene rings is 2. The Hall–Kier alpha value is -2.02. The van der Waals surface area contributed by atoms with Gasteiger partial charge < -0.3 is 10.1 Å². The fourth-order valence-corrected chi connectivity index (χ4v) is 3.57. The van der Waals surface area contributed by atoms with Crippen LogP contribution >= 0.6 is 34.7 Å². The van der Waals surface area contributed by atoms with Crippen molar-refractivity contribution in [3.8, 4) is 5.75 Å². The van der Waals surface area contributed by atoms with Crippen molar-refractivity contribution in [1.82, 2.24) is 10.3 Å². The maximum atomic E-state index is 12.2. The number of thioether (sulfide) groups is 1. The zero-order chi connectivity index (χ0) is 18.2. The molecule has 0 radical (unpaired) electrons. The Labute approximate surface area is 165 Å². The molecule has 3 rings (SSSR count). The van der Waals surface area contributed by atoms with Crippen LogP contribution in [0.1, 0.15) is 16.1 Å². The first-order valence-corrected chi connectivity index (χ1v) is 10.3. The highest BCUT2D eigenvalue weighted by Crippen LogP contribution is 2.20. The van der Waals surface area contributed by atoms with Crippen LogP contribution in [0.5, 0.6) is 5.75 Å². The number of ether oxygens (including phenoxy) is 1. The summed E-state index contributed by atoms with van der Waals surface area (Å²) in [6.07, 6.45) is 0. The highest BCUT2D eigenvalue weighted by Gasteiger charge is 2.06. The zero-order valence-corrected chi connectivity index (χ0v) is 16.2. The second kappa shape index (κ2) is 9.62. The average Bonchev–Trinajstić information content (AvgIpc) is 3.19. The van der Waals surface area contributed by atoms with Gasteiger partial charge in [0.1, 0.15) is 12.4 Å². The smallest absolute Gasteiger partial charge is 0.251 e. The minimum Gasteiger partial charge on any atom is -0.487 e. The van der Waals surface area contributed by atoms with Crippen LogP contribution in [-0.4, -0.2) is 23.2 Å². The number of aromatic nitrogens is 1. The third kappa shape index (κ3) is 5.76. The molecule has 1 N–H and O–H groups in total. The van der Waals surface area contributed by atoms with E-state index in [0.717, 1.165) is 21.4 Å². The summed E-state index contributed by atoms with van der Waals surface area (Å²) in [6, 6.07) is 14.8. The molecule has 3 aromatic rings. The maximum absolute atomic E-state index is 12.2. The van der Waals surface area contributed by atoms with Crippen molar-refractivity contribution in [2.24, 2.45) is 0 Å². The van der Waals surface area contributed by atoms with E-state index in [9.17, 15) is 4.79 Å². The summed E-state index contributed by atoms with van der Waals surface area (Å²) in [6.45, 7) is 1.02. The number of thiazole rings is 1. The van der Waals surface area contributed by atoms with Gasteiger partial charge in [-0.2, -0.15) is 0 Å². The van der Waals surface area contributed by atoms with Gasteiger partial charge in [-0.05, 0) is 48.5 Å². The van der Waals surface area contributed by atoms with Gasteiger partial charge in [0.05, 0.1) is 11.2 Å². The molecule has 0 unspecified atom stereocenters. The summed E-state index contributed by atoms with van der Waals surface area (Å²) in [5.74, 6) is 1.42. The fraction of sp³-hybridized carbons (Fsp3) is 0.158. The summed E-state index contributed by atoms with van der Waals surface area (Å²) in [4.78, 5) is 17.5. The van der Waals surface area contributed by atoms with Crippen molar-refractivity contribution in [1.29, 1.82) is 0 Å². The van der Waals surface area contributed by atoms with Crippen molar-refractivity contribution in [3.05, 3.63) is 75.7 Å². The highest BCUT2D eigenvalue weighted by atomic mass is 35.5. The van der Waals surface area contributed by atoms with Crippen LogP contribution in [0.2, 0.25) is 5.02 Å². The maximum Gasteiger partial charge on any atom is 0.251 e. The molecule has 1 amide bonds. The third-order valence-corrected chi connectivity index (χ3v) is 5.36. The second-order valence-corrected chi connectivity index (χ2v) is 7.67. The van der Waals surface area contributed by atoms with E-state index in [4.69, 9.17) is 16.3 Å². The molecule has 0 atom stereocenters. The molecule has 0 saturated carbocycles. The van der Waals surface area contributed by atoms with E-state index in [2.05, 4.69) is 10.3 Å². The van der Waals surface area contributed by atoms with E-state index in [1.54, 1.807) is 41.5 Å². The first-order valence-electron chi connectivity index (χ1n) is 7.97. The number of carbonyl (C=O) groups excluding carboxylic acids is 1. The van der Waals surface area contributed by atoms with Gasteiger partial charge in [-0.1, -0.05) is 11.6 Å². The van der Waals surface area contributed by atoms with Crippen LogP contribution in [0.25, 0.3) is 0 Å². The average molecular weight is 405 g/mol. The number of hydrogen-bond acceptors (Lipinski definition) is 5.